The Morgan fingerprint density at radius 2 is 1.94 bits per heavy atom. The summed E-state index contributed by atoms with van der Waals surface area (Å²) < 4.78 is 5.54. The molecule has 0 spiro atoms. The van der Waals surface area contributed by atoms with Gasteiger partial charge in [0.05, 0.1) is 13.2 Å². The van der Waals surface area contributed by atoms with Gasteiger partial charge in [-0.3, -0.25) is 4.79 Å². The van der Waals surface area contributed by atoms with Crippen LogP contribution in [0.4, 0.5) is 0 Å². The van der Waals surface area contributed by atoms with Gasteiger partial charge < -0.3 is 15.2 Å². The van der Waals surface area contributed by atoms with Gasteiger partial charge in [0.25, 0.3) is 0 Å². The minimum absolute atomic E-state index is 0.0422. The molecule has 0 fully saturated rings. The number of rotatable bonds is 9. The number of nitrogens with one attached hydrogen (secondary N) is 1. The maximum absolute atomic E-state index is 10.2. The number of carboxylic acids is 1. The summed E-state index contributed by atoms with van der Waals surface area (Å²) in [6.07, 6.45) is 3.01. The van der Waals surface area contributed by atoms with Gasteiger partial charge in [0.15, 0.2) is 0 Å². The second kappa shape index (κ2) is 8.58. The molecule has 1 rings (SSSR count). The van der Waals surface area contributed by atoms with Crippen molar-refractivity contribution in [2.45, 2.75) is 19.3 Å². The molecule has 0 heterocycles. The van der Waals surface area contributed by atoms with E-state index in [0.717, 1.165) is 31.6 Å². The van der Waals surface area contributed by atoms with Crippen LogP contribution in [0.5, 0.6) is 5.75 Å². The third kappa shape index (κ3) is 7.36. The Kier molecular flexibility index (Phi) is 6.82. The van der Waals surface area contributed by atoms with E-state index in [1.54, 1.807) is 0 Å². The normalized spacial score (nSPS) is 10.1. The fraction of sp³-hybridized carbons (Fsp3) is 0.462. The van der Waals surface area contributed by atoms with Crippen molar-refractivity contribution in [3.8, 4) is 5.75 Å². The molecule has 0 bridgehead atoms. The topological polar surface area (TPSA) is 58.6 Å². The zero-order valence-corrected chi connectivity index (χ0v) is 9.89. The van der Waals surface area contributed by atoms with Crippen LogP contribution in [0.15, 0.2) is 30.3 Å². The molecule has 0 unspecified atom stereocenters. The first-order valence-corrected chi connectivity index (χ1v) is 5.89. The molecule has 17 heavy (non-hydrogen) atoms. The van der Waals surface area contributed by atoms with Crippen molar-refractivity contribution in [1.82, 2.24) is 5.32 Å². The molecule has 0 aliphatic heterocycles. The van der Waals surface area contributed by atoms with E-state index in [2.05, 4.69) is 5.32 Å². The molecule has 0 radical (unpaired) electrons. The van der Waals surface area contributed by atoms with Crippen molar-refractivity contribution in [3.05, 3.63) is 30.3 Å². The fourth-order valence-corrected chi connectivity index (χ4v) is 1.43. The SMILES string of the molecule is O=C(O)CNCCCCCOc1ccccc1. The number of carbonyl (C=O) groups is 1. The van der Waals surface area contributed by atoms with Crippen LogP contribution in [0.1, 0.15) is 19.3 Å². The van der Waals surface area contributed by atoms with Crippen LogP contribution in [-0.2, 0) is 4.79 Å². The highest BCUT2D eigenvalue weighted by Gasteiger charge is 1.95. The zero-order chi connectivity index (χ0) is 12.3. The van der Waals surface area contributed by atoms with Crippen LogP contribution in [0.25, 0.3) is 0 Å². The minimum atomic E-state index is -0.808. The molecular formula is C13H19NO3. The first-order valence-electron chi connectivity index (χ1n) is 5.89. The average molecular weight is 237 g/mol. The Bertz CT molecular complexity index is 314. The maximum atomic E-state index is 10.2. The van der Waals surface area contributed by atoms with Crippen LogP contribution >= 0.6 is 0 Å². The maximum Gasteiger partial charge on any atom is 0.317 e. The number of ether oxygens (including phenoxy) is 1. The molecule has 1 aromatic rings. The summed E-state index contributed by atoms with van der Waals surface area (Å²) in [4.78, 5) is 10.2. The Labute approximate surface area is 102 Å². The summed E-state index contributed by atoms with van der Waals surface area (Å²) >= 11 is 0. The molecule has 0 aliphatic carbocycles. The summed E-state index contributed by atoms with van der Waals surface area (Å²) in [5.41, 5.74) is 0. The van der Waals surface area contributed by atoms with Gasteiger partial charge in [-0.25, -0.2) is 0 Å². The molecule has 0 aliphatic rings. The zero-order valence-electron chi connectivity index (χ0n) is 9.89. The van der Waals surface area contributed by atoms with Crippen LogP contribution in [-0.4, -0.2) is 30.8 Å². The van der Waals surface area contributed by atoms with E-state index in [-0.39, 0.29) is 6.54 Å². The van der Waals surface area contributed by atoms with Gasteiger partial charge in [-0.15, -0.1) is 0 Å². The van der Waals surface area contributed by atoms with Crippen molar-refractivity contribution in [2.75, 3.05) is 19.7 Å². The third-order valence-corrected chi connectivity index (χ3v) is 2.29. The summed E-state index contributed by atoms with van der Waals surface area (Å²) in [6.45, 7) is 1.50. The molecule has 1 aromatic carbocycles. The van der Waals surface area contributed by atoms with Crippen molar-refractivity contribution in [2.24, 2.45) is 0 Å². The Hall–Kier alpha value is -1.55. The standard InChI is InChI=1S/C13H19NO3/c15-13(16)11-14-9-5-2-6-10-17-12-7-3-1-4-8-12/h1,3-4,7-8,14H,2,5-6,9-11H2,(H,15,16). The molecule has 0 aromatic heterocycles. The number of unbranched alkanes of at least 4 members (excludes halogenated alkanes) is 2. The Balaban J connectivity index is 1.90. The number of benzene rings is 1. The smallest absolute Gasteiger partial charge is 0.317 e. The number of hydrogen-bond acceptors (Lipinski definition) is 3. The highest BCUT2D eigenvalue weighted by Crippen LogP contribution is 2.08. The lowest BCUT2D eigenvalue weighted by Gasteiger charge is -2.05. The van der Waals surface area contributed by atoms with Gasteiger partial charge in [-0.2, -0.15) is 0 Å². The van der Waals surface area contributed by atoms with Gasteiger partial charge in [0, 0.05) is 0 Å². The molecule has 94 valence electrons. The Morgan fingerprint density at radius 1 is 1.18 bits per heavy atom. The first-order chi connectivity index (χ1) is 8.29. The monoisotopic (exact) mass is 237 g/mol. The van der Waals surface area contributed by atoms with Gasteiger partial charge in [0.1, 0.15) is 5.75 Å². The highest BCUT2D eigenvalue weighted by atomic mass is 16.5. The summed E-state index contributed by atoms with van der Waals surface area (Å²) in [5.74, 6) is 0.0916. The second-order valence-electron chi connectivity index (χ2n) is 3.79. The van der Waals surface area contributed by atoms with Gasteiger partial charge in [-0.1, -0.05) is 18.2 Å². The molecular weight excluding hydrogens is 218 g/mol. The van der Waals surface area contributed by atoms with E-state index in [9.17, 15) is 4.79 Å². The summed E-state index contributed by atoms with van der Waals surface area (Å²) in [6, 6.07) is 9.74. The van der Waals surface area contributed by atoms with Crippen molar-refractivity contribution in [1.29, 1.82) is 0 Å². The quantitative estimate of drug-likeness (QED) is 0.644. The Morgan fingerprint density at radius 3 is 2.65 bits per heavy atom. The van der Waals surface area contributed by atoms with E-state index >= 15 is 0 Å². The van der Waals surface area contributed by atoms with Crippen molar-refractivity contribution >= 4 is 5.97 Å². The van der Waals surface area contributed by atoms with Crippen LogP contribution in [0, 0.1) is 0 Å². The predicted molar refractivity (Wildman–Crippen MR) is 66.3 cm³/mol. The first kappa shape index (κ1) is 13.5. The second-order valence-corrected chi connectivity index (χ2v) is 3.79. The van der Waals surface area contributed by atoms with Gasteiger partial charge >= 0.3 is 5.97 Å². The number of carboxylic acid groups (broad SMARTS) is 1. The van der Waals surface area contributed by atoms with Gasteiger partial charge in [0.2, 0.25) is 0 Å². The molecule has 4 nitrogen and oxygen atoms in total. The van der Waals surface area contributed by atoms with E-state index < -0.39 is 5.97 Å². The molecule has 0 amide bonds. The molecule has 0 saturated carbocycles. The van der Waals surface area contributed by atoms with E-state index in [0.29, 0.717) is 6.61 Å². The number of aliphatic carboxylic acids is 1. The lowest BCUT2D eigenvalue weighted by molar-refractivity contribution is -0.135. The average Bonchev–Trinajstić information content (AvgIpc) is 2.33. The molecule has 4 heteroatoms. The lowest BCUT2D eigenvalue weighted by Crippen LogP contribution is -2.23. The van der Waals surface area contributed by atoms with Crippen LogP contribution < -0.4 is 10.1 Å². The third-order valence-electron chi connectivity index (χ3n) is 2.29. The van der Waals surface area contributed by atoms with Crippen LogP contribution in [0.2, 0.25) is 0 Å². The molecule has 0 saturated heterocycles. The highest BCUT2D eigenvalue weighted by molar-refractivity contribution is 5.68. The fourth-order valence-electron chi connectivity index (χ4n) is 1.43. The van der Waals surface area contributed by atoms with E-state index in [4.69, 9.17) is 9.84 Å². The lowest BCUT2D eigenvalue weighted by atomic mass is 10.2. The van der Waals surface area contributed by atoms with Crippen molar-refractivity contribution in [3.63, 3.8) is 0 Å². The summed E-state index contributed by atoms with van der Waals surface area (Å²) in [5, 5.41) is 11.3. The number of para-hydroxylation sites is 1. The van der Waals surface area contributed by atoms with E-state index in [1.165, 1.54) is 0 Å². The minimum Gasteiger partial charge on any atom is -0.494 e. The molecule has 2 N–H and O–H groups in total. The van der Waals surface area contributed by atoms with Crippen molar-refractivity contribution < 1.29 is 14.6 Å². The number of hydrogen-bond donors (Lipinski definition) is 2. The van der Waals surface area contributed by atoms with Gasteiger partial charge in [-0.05, 0) is 37.9 Å². The summed E-state index contributed by atoms with van der Waals surface area (Å²) in [7, 11) is 0. The largest absolute Gasteiger partial charge is 0.494 e. The predicted octanol–water partition coefficient (Wildman–Crippen LogP) is 1.91. The van der Waals surface area contributed by atoms with Crippen LogP contribution in [0.3, 0.4) is 0 Å². The van der Waals surface area contributed by atoms with E-state index in [1.807, 2.05) is 30.3 Å². The molecule has 0 atom stereocenters.